The molecule has 1 saturated heterocycles. The molecule has 5 nitrogen and oxygen atoms in total. The van der Waals surface area contributed by atoms with Crippen molar-refractivity contribution in [2.24, 2.45) is 0 Å². The Morgan fingerprint density at radius 3 is 2.81 bits per heavy atom. The largest absolute Gasteiger partial charge is 0.487 e. The number of ether oxygens (including phenoxy) is 1. The van der Waals surface area contributed by atoms with Gasteiger partial charge in [-0.2, -0.15) is 0 Å². The molecule has 0 bridgehead atoms. The van der Waals surface area contributed by atoms with E-state index >= 15 is 0 Å². The molecule has 0 aromatic heterocycles. The van der Waals surface area contributed by atoms with E-state index in [1.54, 1.807) is 0 Å². The molecule has 142 valence electrons. The summed E-state index contributed by atoms with van der Waals surface area (Å²) < 4.78 is 6.40. The molecule has 26 heavy (non-hydrogen) atoms. The van der Waals surface area contributed by atoms with Crippen LogP contribution in [0.15, 0.2) is 24.3 Å². The number of hydrogen-bond acceptors (Lipinski definition) is 4. The van der Waals surface area contributed by atoms with Gasteiger partial charge in [-0.15, -0.1) is 0 Å². The van der Waals surface area contributed by atoms with Gasteiger partial charge in [0.15, 0.2) is 0 Å². The summed E-state index contributed by atoms with van der Waals surface area (Å²) in [4.78, 5) is 17.4. The molecular weight excluding hydrogens is 326 g/mol. The SMILES string of the molecule is CN1CCCN(CC(=O)NC2CC3(CCCC3)Oc3ccccc32)CC1. The molecule has 1 aliphatic carbocycles. The highest BCUT2D eigenvalue weighted by Crippen LogP contribution is 2.46. The van der Waals surface area contributed by atoms with Gasteiger partial charge in [-0.3, -0.25) is 9.69 Å². The van der Waals surface area contributed by atoms with Gasteiger partial charge in [0.1, 0.15) is 11.4 Å². The van der Waals surface area contributed by atoms with Crippen molar-refractivity contribution in [1.29, 1.82) is 0 Å². The standard InChI is InChI=1S/C21H31N3O2/c1-23-11-6-12-24(14-13-23)16-20(25)22-18-15-21(9-4-5-10-21)26-19-8-3-2-7-17(18)19/h2-3,7-8,18H,4-6,9-16H2,1H3,(H,22,25). The second kappa shape index (κ2) is 7.57. The van der Waals surface area contributed by atoms with Crippen LogP contribution >= 0.6 is 0 Å². The van der Waals surface area contributed by atoms with Crippen molar-refractivity contribution in [3.8, 4) is 5.75 Å². The van der Waals surface area contributed by atoms with E-state index in [4.69, 9.17) is 4.74 Å². The summed E-state index contributed by atoms with van der Waals surface area (Å²) in [5.41, 5.74) is 1.06. The Morgan fingerprint density at radius 1 is 1.15 bits per heavy atom. The highest BCUT2D eigenvalue weighted by atomic mass is 16.5. The lowest BCUT2D eigenvalue weighted by atomic mass is 9.86. The third kappa shape index (κ3) is 3.89. The molecule has 1 spiro atoms. The lowest BCUT2D eigenvalue weighted by Gasteiger charge is -2.40. The first-order valence-electron chi connectivity index (χ1n) is 10.1. The first-order valence-corrected chi connectivity index (χ1v) is 10.1. The van der Waals surface area contributed by atoms with Gasteiger partial charge in [0.2, 0.25) is 5.91 Å². The first-order chi connectivity index (χ1) is 12.6. The van der Waals surface area contributed by atoms with E-state index in [1.807, 2.05) is 12.1 Å². The van der Waals surface area contributed by atoms with Gasteiger partial charge >= 0.3 is 0 Å². The quantitative estimate of drug-likeness (QED) is 0.903. The number of benzene rings is 1. The van der Waals surface area contributed by atoms with Crippen molar-refractivity contribution in [2.45, 2.75) is 50.2 Å². The van der Waals surface area contributed by atoms with Crippen molar-refractivity contribution in [3.05, 3.63) is 29.8 Å². The Morgan fingerprint density at radius 2 is 1.96 bits per heavy atom. The van der Waals surface area contributed by atoms with E-state index in [0.717, 1.165) is 63.2 Å². The minimum absolute atomic E-state index is 0.0696. The third-order valence-electron chi connectivity index (χ3n) is 6.23. The Bertz CT molecular complexity index is 642. The smallest absolute Gasteiger partial charge is 0.234 e. The highest BCUT2D eigenvalue weighted by molar-refractivity contribution is 5.78. The van der Waals surface area contributed by atoms with E-state index in [2.05, 4.69) is 34.3 Å². The van der Waals surface area contributed by atoms with Crippen molar-refractivity contribution in [2.75, 3.05) is 39.8 Å². The number of nitrogens with one attached hydrogen (secondary N) is 1. The van der Waals surface area contributed by atoms with Gasteiger partial charge in [-0.05, 0) is 58.3 Å². The van der Waals surface area contributed by atoms with Crippen LogP contribution in [0.4, 0.5) is 0 Å². The number of rotatable bonds is 3. The van der Waals surface area contributed by atoms with Gasteiger partial charge in [0.05, 0.1) is 12.6 Å². The number of likely N-dealkylation sites (N-methyl/N-ethyl adjacent to an activating group) is 1. The van der Waals surface area contributed by atoms with E-state index < -0.39 is 0 Å². The second-order valence-electron chi connectivity index (χ2n) is 8.29. The minimum Gasteiger partial charge on any atom is -0.487 e. The molecule has 1 unspecified atom stereocenters. The van der Waals surface area contributed by atoms with E-state index in [-0.39, 0.29) is 17.6 Å². The molecule has 2 aliphatic heterocycles. The number of fused-ring (bicyclic) bond motifs is 1. The Balaban J connectivity index is 1.43. The predicted octanol–water partition coefficient (Wildman–Crippen LogP) is 2.58. The molecular formula is C21H31N3O2. The van der Waals surface area contributed by atoms with Crippen LogP contribution in [0.1, 0.15) is 50.1 Å². The molecule has 3 aliphatic rings. The number of amides is 1. The van der Waals surface area contributed by atoms with Crippen LogP contribution in [0.25, 0.3) is 0 Å². The fourth-order valence-corrected chi connectivity index (χ4v) is 4.77. The van der Waals surface area contributed by atoms with Gasteiger partial charge in [-0.1, -0.05) is 18.2 Å². The summed E-state index contributed by atoms with van der Waals surface area (Å²) in [5.74, 6) is 1.10. The summed E-state index contributed by atoms with van der Waals surface area (Å²) >= 11 is 0. The fourth-order valence-electron chi connectivity index (χ4n) is 4.77. The zero-order valence-corrected chi connectivity index (χ0v) is 15.9. The third-order valence-corrected chi connectivity index (χ3v) is 6.23. The van der Waals surface area contributed by atoms with Crippen molar-refractivity contribution < 1.29 is 9.53 Å². The van der Waals surface area contributed by atoms with Crippen molar-refractivity contribution in [1.82, 2.24) is 15.1 Å². The number of carbonyl (C=O) groups is 1. The molecule has 1 amide bonds. The molecule has 0 radical (unpaired) electrons. The van der Waals surface area contributed by atoms with E-state index in [9.17, 15) is 4.79 Å². The molecule has 2 heterocycles. The summed E-state index contributed by atoms with van der Waals surface area (Å²) in [7, 11) is 2.16. The lowest BCUT2D eigenvalue weighted by molar-refractivity contribution is -0.123. The molecule has 5 heteroatoms. The zero-order chi connectivity index (χ0) is 18.0. The normalized spacial score (nSPS) is 26.1. The second-order valence-corrected chi connectivity index (χ2v) is 8.29. The van der Waals surface area contributed by atoms with E-state index in [1.165, 1.54) is 12.8 Å². The van der Waals surface area contributed by atoms with Crippen molar-refractivity contribution in [3.63, 3.8) is 0 Å². The summed E-state index contributed by atoms with van der Waals surface area (Å²) in [6.45, 7) is 4.63. The van der Waals surface area contributed by atoms with Crippen LogP contribution in [0.5, 0.6) is 5.75 Å². The summed E-state index contributed by atoms with van der Waals surface area (Å²) in [6.07, 6.45) is 6.69. The molecule has 1 aromatic rings. The number of carbonyl (C=O) groups excluding carboxylic acids is 1. The predicted molar refractivity (Wildman–Crippen MR) is 102 cm³/mol. The zero-order valence-electron chi connectivity index (χ0n) is 15.9. The molecule has 1 atom stereocenters. The topological polar surface area (TPSA) is 44.8 Å². The summed E-state index contributed by atoms with van der Waals surface area (Å²) in [5, 5.41) is 3.33. The first kappa shape index (κ1) is 17.8. The van der Waals surface area contributed by atoms with Crippen LogP contribution < -0.4 is 10.1 Å². The molecule has 4 rings (SSSR count). The number of para-hydroxylation sites is 1. The number of hydrogen-bond donors (Lipinski definition) is 1. The van der Waals surface area contributed by atoms with Crippen LogP contribution in [-0.2, 0) is 4.79 Å². The lowest BCUT2D eigenvalue weighted by Crippen LogP contribution is -2.46. The van der Waals surface area contributed by atoms with Crippen LogP contribution in [0.3, 0.4) is 0 Å². The van der Waals surface area contributed by atoms with Gasteiger partial charge in [0, 0.05) is 25.1 Å². The Hall–Kier alpha value is -1.59. The van der Waals surface area contributed by atoms with Crippen LogP contribution in [0.2, 0.25) is 0 Å². The average molecular weight is 357 g/mol. The number of nitrogens with zero attached hydrogens (tertiary/aromatic N) is 2. The van der Waals surface area contributed by atoms with Crippen LogP contribution in [0, 0.1) is 0 Å². The molecule has 1 N–H and O–H groups in total. The van der Waals surface area contributed by atoms with Gasteiger partial charge in [-0.25, -0.2) is 0 Å². The molecule has 1 saturated carbocycles. The maximum atomic E-state index is 12.8. The van der Waals surface area contributed by atoms with Crippen molar-refractivity contribution >= 4 is 5.91 Å². The molecule has 2 fully saturated rings. The fraction of sp³-hybridized carbons (Fsp3) is 0.667. The monoisotopic (exact) mass is 357 g/mol. The van der Waals surface area contributed by atoms with Gasteiger partial charge in [0.25, 0.3) is 0 Å². The van der Waals surface area contributed by atoms with Gasteiger partial charge < -0.3 is 15.0 Å². The Kier molecular flexibility index (Phi) is 5.18. The minimum atomic E-state index is -0.0718. The van der Waals surface area contributed by atoms with Crippen LogP contribution in [-0.4, -0.2) is 61.1 Å². The highest BCUT2D eigenvalue weighted by Gasteiger charge is 2.43. The average Bonchev–Trinajstić information content (AvgIpc) is 2.96. The Labute approximate surface area is 156 Å². The summed E-state index contributed by atoms with van der Waals surface area (Å²) in [6, 6.07) is 8.29. The van der Waals surface area contributed by atoms with E-state index in [0.29, 0.717) is 6.54 Å². The maximum Gasteiger partial charge on any atom is 0.234 e. The maximum absolute atomic E-state index is 12.8. The molecule has 1 aromatic carbocycles.